The molecule has 0 spiro atoms. The van der Waals surface area contributed by atoms with Crippen LogP contribution in [-0.4, -0.2) is 10.1 Å². The maximum Gasteiger partial charge on any atom is 0.168 e. The molecule has 0 bridgehead atoms. The van der Waals surface area contributed by atoms with Crippen LogP contribution in [0.3, 0.4) is 0 Å². The summed E-state index contributed by atoms with van der Waals surface area (Å²) >= 11 is 6.11. The smallest absolute Gasteiger partial charge is 0.168 e. The molecule has 0 saturated carbocycles. The van der Waals surface area contributed by atoms with Crippen LogP contribution in [-0.2, 0) is 6.61 Å². The Hall–Kier alpha value is -2.17. The molecule has 0 fully saturated rings. The summed E-state index contributed by atoms with van der Waals surface area (Å²) in [5, 5.41) is 10.6. The lowest BCUT2D eigenvalue weighted by atomic mass is 10.2. The standard InChI is InChI=1S/C16H11ClFNO2/c17-12-6-7-14(15-11(12)4-2-8-19-15)21-16-10(9-20)3-1-5-13(16)18/h1-8,20H,9H2. The van der Waals surface area contributed by atoms with E-state index in [9.17, 15) is 9.50 Å². The van der Waals surface area contributed by atoms with Crippen molar-refractivity contribution in [2.24, 2.45) is 0 Å². The number of aliphatic hydroxyl groups is 1. The summed E-state index contributed by atoms with van der Waals surface area (Å²) in [5.41, 5.74) is 0.908. The van der Waals surface area contributed by atoms with Gasteiger partial charge >= 0.3 is 0 Å². The van der Waals surface area contributed by atoms with Crippen LogP contribution in [0.5, 0.6) is 11.5 Å². The van der Waals surface area contributed by atoms with Crippen molar-refractivity contribution in [2.75, 3.05) is 0 Å². The molecule has 1 aromatic heterocycles. The molecule has 1 N–H and O–H groups in total. The van der Waals surface area contributed by atoms with Gasteiger partial charge in [0.25, 0.3) is 0 Å². The molecule has 3 aromatic rings. The summed E-state index contributed by atoms with van der Waals surface area (Å²) < 4.78 is 19.6. The van der Waals surface area contributed by atoms with E-state index in [1.165, 1.54) is 12.1 Å². The van der Waals surface area contributed by atoms with Gasteiger partial charge in [0.15, 0.2) is 17.3 Å². The highest BCUT2D eigenvalue weighted by atomic mass is 35.5. The largest absolute Gasteiger partial charge is 0.452 e. The third-order valence-corrected chi connectivity index (χ3v) is 3.44. The maximum absolute atomic E-state index is 13.9. The third kappa shape index (κ3) is 2.55. The van der Waals surface area contributed by atoms with Crippen LogP contribution in [0.4, 0.5) is 4.39 Å². The first-order chi connectivity index (χ1) is 10.2. The van der Waals surface area contributed by atoms with E-state index in [2.05, 4.69) is 4.98 Å². The van der Waals surface area contributed by atoms with E-state index in [0.717, 1.165) is 5.39 Å². The summed E-state index contributed by atoms with van der Waals surface area (Å²) in [5.74, 6) is -0.162. The summed E-state index contributed by atoms with van der Waals surface area (Å²) in [6.45, 7) is -0.313. The normalized spacial score (nSPS) is 10.8. The average molecular weight is 304 g/mol. The summed E-state index contributed by atoms with van der Waals surface area (Å²) in [6, 6.07) is 11.3. The van der Waals surface area contributed by atoms with Crippen LogP contribution in [0.15, 0.2) is 48.7 Å². The highest BCUT2D eigenvalue weighted by Gasteiger charge is 2.13. The molecule has 0 aliphatic carbocycles. The number of pyridine rings is 1. The van der Waals surface area contributed by atoms with Crippen molar-refractivity contribution in [3.05, 3.63) is 65.1 Å². The molecule has 0 unspecified atom stereocenters. The van der Waals surface area contributed by atoms with Crippen molar-refractivity contribution in [1.82, 2.24) is 4.98 Å². The Bertz CT molecular complexity index is 807. The number of halogens is 2. The topological polar surface area (TPSA) is 42.4 Å². The molecule has 3 rings (SSSR count). The van der Waals surface area contributed by atoms with E-state index < -0.39 is 5.82 Å². The maximum atomic E-state index is 13.9. The number of benzene rings is 2. The lowest BCUT2D eigenvalue weighted by Crippen LogP contribution is -1.96. The molecule has 5 heteroatoms. The van der Waals surface area contributed by atoms with Crippen LogP contribution in [0, 0.1) is 5.82 Å². The van der Waals surface area contributed by atoms with Gasteiger partial charge in [-0.1, -0.05) is 23.7 Å². The second-order valence-electron chi connectivity index (χ2n) is 4.43. The quantitative estimate of drug-likeness (QED) is 0.784. The van der Waals surface area contributed by atoms with Gasteiger partial charge in [-0.25, -0.2) is 4.39 Å². The number of hydrogen-bond donors (Lipinski definition) is 1. The van der Waals surface area contributed by atoms with Crippen molar-refractivity contribution in [2.45, 2.75) is 6.61 Å². The Morgan fingerprint density at radius 3 is 2.81 bits per heavy atom. The number of hydrogen-bond acceptors (Lipinski definition) is 3. The van der Waals surface area contributed by atoms with Crippen LogP contribution in [0.25, 0.3) is 10.9 Å². The number of nitrogens with zero attached hydrogens (tertiary/aromatic N) is 1. The fourth-order valence-electron chi connectivity index (χ4n) is 2.10. The lowest BCUT2D eigenvalue weighted by Gasteiger charge is -2.12. The number of ether oxygens (including phenoxy) is 1. The van der Waals surface area contributed by atoms with E-state index >= 15 is 0 Å². The van der Waals surface area contributed by atoms with Crippen molar-refractivity contribution in [3.63, 3.8) is 0 Å². The molecular weight excluding hydrogens is 293 g/mol. The third-order valence-electron chi connectivity index (χ3n) is 3.11. The summed E-state index contributed by atoms with van der Waals surface area (Å²) in [4.78, 5) is 4.23. The monoisotopic (exact) mass is 303 g/mol. The molecule has 2 aromatic carbocycles. The Labute approximate surface area is 125 Å². The molecule has 21 heavy (non-hydrogen) atoms. The van der Waals surface area contributed by atoms with Crippen molar-refractivity contribution >= 4 is 22.5 Å². The highest BCUT2D eigenvalue weighted by Crippen LogP contribution is 2.35. The van der Waals surface area contributed by atoms with Crippen molar-refractivity contribution in [1.29, 1.82) is 0 Å². The Morgan fingerprint density at radius 2 is 2.00 bits per heavy atom. The fourth-order valence-corrected chi connectivity index (χ4v) is 2.31. The summed E-state index contributed by atoms with van der Waals surface area (Å²) in [6.07, 6.45) is 1.61. The molecule has 0 atom stereocenters. The van der Waals surface area contributed by atoms with Gasteiger partial charge in [0.2, 0.25) is 0 Å². The van der Waals surface area contributed by atoms with Crippen LogP contribution >= 0.6 is 11.6 Å². The van der Waals surface area contributed by atoms with Crippen molar-refractivity contribution < 1.29 is 14.2 Å². The summed E-state index contributed by atoms with van der Waals surface area (Å²) in [7, 11) is 0. The van der Waals surface area contributed by atoms with E-state index in [4.69, 9.17) is 16.3 Å². The van der Waals surface area contributed by atoms with Crippen LogP contribution in [0.2, 0.25) is 5.02 Å². The fraction of sp³-hybridized carbons (Fsp3) is 0.0625. The second kappa shape index (κ2) is 5.68. The molecular formula is C16H11ClFNO2. The van der Waals surface area contributed by atoms with E-state index in [0.29, 0.717) is 21.9 Å². The first-order valence-electron chi connectivity index (χ1n) is 6.30. The van der Waals surface area contributed by atoms with Gasteiger partial charge in [-0.05, 0) is 30.3 Å². The number of para-hydroxylation sites is 1. The van der Waals surface area contributed by atoms with Gasteiger partial charge in [0, 0.05) is 17.1 Å². The SMILES string of the molecule is OCc1cccc(F)c1Oc1ccc(Cl)c2cccnc12. The Morgan fingerprint density at radius 1 is 1.14 bits per heavy atom. The molecule has 0 saturated heterocycles. The number of aromatic nitrogens is 1. The molecule has 1 heterocycles. The first kappa shape index (κ1) is 13.8. The minimum absolute atomic E-state index is 0.00530. The lowest BCUT2D eigenvalue weighted by molar-refractivity contribution is 0.274. The minimum atomic E-state index is -0.541. The molecule has 0 radical (unpaired) electrons. The molecule has 0 aliphatic rings. The van der Waals surface area contributed by atoms with Crippen LogP contribution < -0.4 is 4.74 Å². The van der Waals surface area contributed by atoms with Gasteiger partial charge in [0.1, 0.15) is 5.52 Å². The zero-order valence-corrected chi connectivity index (χ0v) is 11.6. The van der Waals surface area contributed by atoms with E-state index in [1.807, 2.05) is 6.07 Å². The van der Waals surface area contributed by atoms with E-state index in [1.54, 1.807) is 30.5 Å². The van der Waals surface area contributed by atoms with Gasteiger partial charge in [-0.3, -0.25) is 4.98 Å². The average Bonchev–Trinajstić information content (AvgIpc) is 2.52. The van der Waals surface area contributed by atoms with E-state index in [-0.39, 0.29) is 12.4 Å². The zero-order valence-electron chi connectivity index (χ0n) is 10.9. The number of aliphatic hydroxyl groups excluding tert-OH is 1. The second-order valence-corrected chi connectivity index (χ2v) is 4.84. The number of fused-ring (bicyclic) bond motifs is 1. The Balaban J connectivity index is 2.13. The van der Waals surface area contributed by atoms with Crippen molar-refractivity contribution in [3.8, 4) is 11.5 Å². The van der Waals surface area contributed by atoms with Crippen LogP contribution in [0.1, 0.15) is 5.56 Å². The molecule has 106 valence electrons. The zero-order chi connectivity index (χ0) is 14.8. The molecule has 3 nitrogen and oxygen atoms in total. The molecule has 0 amide bonds. The molecule has 0 aliphatic heterocycles. The predicted molar refractivity (Wildman–Crippen MR) is 79.1 cm³/mol. The van der Waals surface area contributed by atoms with Gasteiger partial charge in [-0.2, -0.15) is 0 Å². The first-order valence-corrected chi connectivity index (χ1v) is 6.68. The number of rotatable bonds is 3. The minimum Gasteiger partial charge on any atom is -0.452 e. The van der Waals surface area contributed by atoms with Gasteiger partial charge in [0.05, 0.1) is 11.6 Å². The predicted octanol–water partition coefficient (Wildman–Crippen LogP) is 4.31. The van der Waals surface area contributed by atoms with Gasteiger partial charge in [-0.15, -0.1) is 0 Å². The highest BCUT2D eigenvalue weighted by molar-refractivity contribution is 6.35. The van der Waals surface area contributed by atoms with Gasteiger partial charge < -0.3 is 9.84 Å². The Kier molecular flexibility index (Phi) is 3.73.